The van der Waals surface area contributed by atoms with Crippen LogP contribution in [0.1, 0.15) is 98.2 Å². The van der Waals surface area contributed by atoms with Gasteiger partial charge in [0.15, 0.2) is 5.66 Å². The second kappa shape index (κ2) is 15.3. The van der Waals surface area contributed by atoms with E-state index < -0.39 is 5.66 Å². The molecule has 0 amide bonds. The third kappa shape index (κ3) is 6.71. The molecule has 10 rings (SSSR count). The Morgan fingerprint density at radius 3 is 2.03 bits per heavy atom. The molecule has 5 aromatic rings. The van der Waals surface area contributed by atoms with Gasteiger partial charge in [-0.3, -0.25) is 0 Å². The van der Waals surface area contributed by atoms with Crippen LogP contribution in [0, 0.1) is 11.8 Å². The van der Waals surface area contributed by atoms with Crippen LogP contribution in [0.3, 0.4) is 0 Å². The van der Waals surface area contributed by atoms with E-state index in [1.54, 1.807) is 5.57 Å². The van der Waals surface area contributed by atoms with Crippen molar-refractivity contribution in [2.75, 3.05) is 0 Å². The summed E-state index contributed by atoms with van der Waals surface area (Å²) in [6.45, 7) is 6.83. The number of nitrogens with one attached hydrogen (secondary N) is 1. The Bertz CT molecular complexity index is 2620. The molecular weight excluding hydrogens is 715 g/mol. The molecule has 0 radical (unpaired) electrons. The minimum Gasteiger partial charge on any atom is -0.324 e. The number of rotatable bonds is 7. The molecule has 3 atom stereocenters. The SMILES string of the molecule is CC1CCC=C(C2(C3=C(c4cccc(-c5cccc(C6=NC(C)(c7ccccc7)N=C(C7=C[C@H](C)CC=C7)N6)c5)c4)CCC=C3)c3ccccc3Cc3ccccc32)C1. The van der Waals surface area contributed by atoms with E-state index >= 15 is 0 Å². The zero-order valence-corrected chi connectivity index (χ0v) is 34.6. The van der Waals surface area contributed by atoms with Crippen LogP contribution < -0.4 is 5.32 Å². The van der Waals surface area contributed by atoms with Gasteiger partial charge in [0.25, 0.3) is 0 Å². The number of fused-ring (bicyclic) bond motifs is 2. The molecule has 5 aromatic carbocycles. The highest BCUT2D eigenvalue weighted by atomic mass is 15.2. The number of hydrogen-bond donors (Lipinski definition) is 1. The molecule has 0 aromatic heterocycles. The van der Waals surface area contributed by atoms with Gasteiger partial charge in [-0.15, -0.1) is 0 Å². The van der Waals surface area contributed by atoms with Crippen molar-refractivity contribution in [1.29, 1.82) is 0 Å². The first-order chi connectivity index (χ1) is 28.9. The molecule has 2 unspecified atom stereocenters. The first-order valence-electron chi connectivity index (χ1n) is 21.8. The lowest BCUT2D eigenvalue weighted by Gasteiger charge is -2.47. The van der Waals surface area contributed by atoms with Crippen LogP contribution in [0.15, 0.2) is 191 Å². The predicted molar refractivity (Wildman–Crippen MR) is 247 cm³/mol. The number of allylic oxidation sites excluding steroid dienone is 8. The Balaban J connectivity index is 1.10. The standard InChI is InChI=1S/C56H53N3/c1-38-17-13-24-45(33-38)53-57-54(59-55(3,58-53)47-26-5-4-6-27-47)46-25-16-22-41(36-46)40-21-15-23-42(35-40)49-29-9-12-32-52(49)56(48-28-14-18-39(2)34-48)50-30-10-7-19-43(50)37-44-20-8-11-31-51(44)56/h4-8,10-13,15-16,19-28,30-33,35-36,38-39H,9,14,17-18,29,34,37H2,1-3H3,(H,57,58,59)/t38-,39?,55?/m1/s1. The summed E-state index contributed by atoms with van der Waals surface area (Å²) in [4.78, 5) is 10.6. The van der Waals surface area contributed by atoms with Crippen molar-refractivity contribution < 1.29 is 0 Å². The van der Waals surface area contributed by atoms with Crippen molar-refractivity contribution in [2.24, 2.45) is 21.8 Å². The Kier molecular flexibility index (Phi) is 9.64. The van der Waals surface area contributed by atoms with Crippen LogP contribution in [0.5, 0.6) is 0 Å². The Labute approximate surface area is 350 Å². The molecule has 1 N–H and O–H groups in total. The molecule has 0 fully saturated rings. The average Bonchev–Trinajstić information content (AvgIpc) is 3.28. The molecule has 1 aliphatic heterocycles. The molecule has 3 nitrogen and oxygen atoms in total. The summed E-state index contributed by atoms with van der Waals surface area (Å²) >= 11 is 0. The highest BCUT2D eigenvalue weighted by Crippen LogP contribution is 2.57. The second-order valence-electron chi connectivity index (χ2n) is 17.5. The van der Waals surface area contributed by atoms with Crippen molar-refractivity contribution in [1.82, 2.24) is 5.32 Å². The van der Waals surface area contributed by atoms with E-state index in [0.29, 0.717) is 11.8 Å². The summed E-state index contributed by atoms with van der Waals surface area (Å²) < 4.78 is 0. The smallest absolute Gasteiger partial charge is 0.177 e. The van der Waals surface area contributed by atoms with Gasteiger partial charge in [0.1, 0.15) is 11.7 Å². The van der Waals surface area contributed by atoms with E-state index in [1.807, 2.05) is 0 Å². The molecule has 0 spiro atoms. The highest BCUT2D eigenvalue weighted by molar-refractivity contribution is 6.17. The van der Waals surface area contributed by atoms with Crippen LogP contribution in [-0.4, -0.2) is 11.7 Å². The van der Waals surface area contributed by atoms with E-state index in [1.165, 1.54) is 56.5 Å². The normalized spacial score (nSPS) is 23.2. The van der Waals surface area contributed by atoms with E-state index in [-0.39, 0.29) is 5.41 Å². The summed E-state index contributed by atoms with van der Waals surface area (Å²) in [7, 11) is 0. The summed E-state index contributed by atoms with van der Waals surface area (Å²) in [6.07, 6.45) is 21.9. The molecule has 59 heavy (non-hydrogen) atoms. The van der Waals surface area contributed by atoms with Crippen LogP contribution in [-0.2, 0) is 17.5 Å². The molecule has 5 aliphatic rings. The predicted octanol–water partition coefficient (Wildman–Crippen LogP) is 13.2. The van der Waals surface area contributed by atoms with Gasteiger partial charge in [0.2, 0.25) is 0 Å². The zero-order chi connectivity index (χ0) is 40.0. The fraction of sp³-hybridized carbons (Fsp3) is 0.250. The number of nitrogens with zero attached hydrogens (tertiary/aromatic N) is 2. The van der Waals surface area contributed by atoms with Crippen LogP contribution in [0.2, 0.25) is 0 Å². The van der Waals surface area contributed by atoms with Crippen molar-refractivity contribution >= 4 is 17.2 Å². The van der Waals surface area contributed by atoms with Gasteiger partial charge in [0, 0.05) is 16.7 Å². The molecule has 4 aliphatic carbocycles. The Morgan fingerprint density at radius 1 is 0.644 bits per heavy atom. The van der Waals surface area contributed by atoms with Gasteiger partial charge in [-0.2, -0.15) is 0 Å². The molecule has 0 bridgehead atoms. The van der Waals surface area contributed by atoms with Gasteiger partial charge >= 0.3 is 0 Å². The van der Waals surface area contributed by atoms with Crippen molar-refractivity contribution in [3.05, 3.63) is 220 Å². The van der Waals surface area contributed by atoms with Crippen molar-refractivity contribution in [3.63, 3.8) is 0 Å². The Morgan fingerprint density at radius 2 is 1.31 bits per heavy atom. The monoisotopic (exact) mass is 767 g/mol. The lowest BCUT2D eigenvalue weighted by atomic mass is 9.55. The minimum atomic E-state index is -0.766. The maximum atomic E-state index is 5.35. The molecule has 0 saturated heterocycles. The highest BCUT2D eigenvalue weighted by Gasteiger charge is 2.47. The van der Waals surface area contributed by atoms with E-state index in [4.69, 9.17) is 9.98 Å². The van der Waals surface area contributed by atoms with E-state index in [9.17, 15) is 0 Å². The van der Waals surface area contributed by atoms with Crippen molar-refractivity contribution in [3.8, 4) is 11.1 Å². The number of benzene rings is 5. The van der Waals surface area contributed by atoms with Gasteiger partial charge in [-0.1, -0.05) is 171 Å². The van der Waals surface area contributed by atoms with Crippen LogP contribution in [0.4, 0.5) is 0 Å². The van der Waals surface area contributed by atoms with Gasteiger partial charge in [0.05, 0.1) is 5.41 Å². The molecule has 3 heteroatoms. The molecule has 292 valence electrons. The first-order valence-corrected chi connectivity index (χ1v) is 21.8. The van der Waals surface area contributed by atoms with E-state index in [2.05, 4.69) is 190 Å². The van der Waals surface area contributed by atoms with Crippen LogP contribution >= 0.6 is 0 Å². The number of aliphatic imine (C=N–C) groups is 2. The van der Waals surface area contributed by atoms with Gasteiger partial charge < -0.3 is 5.32 Å². The third-order valence-corrected chi connectivity index (χ3v) is 13.3. The summed E-state index contributed by atoms with van der Waals surface area (Å²) in [5.74, 6) is 2.80. The largest absolute Gasteiger partial charge is 0.324 e. The second-order valence-corrected chi connectivity index (χ2v) is 17.5. The topological polar surface area (TPSA) is 36.8 Å². The summed E-state index contributed by atoms with van der Waals surface area (Å²) in [5, 5.41) is 3.68. The maximum absolute atomic E-state index is 5.35. The first kappa shape index (κ1) is 37.2. The van der Waals surface area contributed by atoms with E-state index in [0.717, 1.165) is 66.9 Å². The molecule has 0 saturated carbocycles. The minimum absolute atomic E-state index is 0.335. The number of amidine groups is 2. The molecular formula is C56H53N3. The van der Waals surface area contributed by atoms with Crippen LogP contribution in [0.25, 0.3) is 16.7 Å². The lowest BCUT2D eigenvalue weighted by molar-refractivity contribution is 0.472. The average molecular weight is 768 g/mol. The molecule has 1 heterocycles. The lowest BCUT2D eigenvalue weighted by Crippen LogP contribution is -2.41. The fourth-order valence-corrected chi connectivity index (χ4v) is 10.5. The van der Waals surface area contributed by atoms with Gasteiger partial charge in [-0.25, -0.2) is 9.98 Å². The quantitative estimate of drug-likeness (QED) is 0.165. The fourth-order valence-electron chi connectivity index (χ4n) is 10.5. The third-order valence-electron chi connectivity index (χ3n) is 13.3. The van der Waals surface area contributed by atoms with Gasteiger partial charge in [-0.05, 0) is 126 Å². The Hall–Kier alpha value is -6.06. The zero-order valence-electron chi connectivity index (χ0n) is 34.6. The number of hydrogen-bond acceptors (Lipinski definition) is 3. The summed E-state index contributed by atoms with van der Waals surface area (Å²) in [5.41, 5.74) is 16.1. The maximum Gasteiger partial charge on any atom is 0.177 e. The summed E-state index contributed by atoms with van der Waals surface area (Å²) in [6, 6.07) is 47.3. The van der Waals surface area contributed by atoms with Crippen molar-refractivity contribution in [2.45, 2.75) is 76.8 Å².